The summed E-state index contributed by atoms with van der Waals surface area (Å²) in [6.07, 6.45) is 5.74. The molecule has 0 aromatic rings. The minimum absolute atomic E-state index is 0.107. The second-order valence-corrected chi connectivity index (χ2v) is 6.69. The van der Waals surface area contributed by atoms with Crippen LogP contribution in [0.4, 0.5) is 0 Å². The molecule has 1 saturated carbocycles. The quantitative estimate of drug-likeness (QED) is 0.565. The van der Waals surface area contributed by atoms with Gasteiger partial charge in [-0.05, 0) is 12.8 Å². The molecule has 0 spiro atoms. The van der Waals surface area contributed by atoms with Crippen molar-refractivity contribution in [3.63, 3.8) is 0 Å². The fourth-order valence-corrected chi connectivity index (χ4v) is 2.03. The molecule has 3 heteroatoms. The summed E-state index contributed by atoms with van der Waals surface area (Å²) in [4.78, 5) is 11.7. The summed E-state index contributed by atoms with van der Waals surface area (Å²) in [7, 11) is 0. The van der Waals surface area contributed by atoms with Crippen LogP contribution < -0.4 is 0 Å². The number of carbonyl (C=O) groups is 1. The molecule has 1 fully saturated rings. The maximum Gasteiger partial charge on any atom is 0.310 e. The number of rotatable bonds is 4. The van der Waals surface area contributed by atoms with Crippen molar-refractivity contribution >= 4 is 5.97 Å². The van der Waals surface area contributed by atoms with Crippen molar-refractivity contribution in [3.8, 4) is 0 Å². The van der Waals surface area contributed by atoms with Crippen LogP contribution in [0.1, 0.15) is 66.7 Å². The van der Waals surface area contributed by atoms with Crippen LogP contribution in [0.15, 0.2) is 0 Å². The first kappa shape index (κ1) is 15.5. The van der Waals surface area contributed by atoms with Gasteiger partial charge in [0.15, 0.2) is 0 Å². The SMILES string of the molecule is CC(C)C(=O)OC(OC1CCCCC1)C(C)(C)C. The molecule has 0 bridgehead atoms. The molecule has 106 valence electrons. The second-order valence-electron chi connectivity index (χ2n) is 6.69. The molecular weight excluding hydrogens is 228 g/mol. The molecule has 0 aliphatic heterocycles. The molecule has 1 unspecified atom stereocenters. The van der Waals surface area contributed by atoms with E-state index < -0.39 is 6.29 Å². The molecule has 0 amide bonds. The van der Waals surface area contributed by atoms with Crippen molar-refractivity contribution in [3.05, 3.63) is 0 Å². The topological polar surface area (TPSA) is 35.5 Å². The van der Waals surface area contributed by atoms with Crippen molar-refractivity contribution in [2.45, 2.75) is 79.1 Å². The van der Waals surface area contributed by atoms with Crippen LogP contribution in [0.2, 0.25) is 0 Å². The normalized spacial score (nSPS) is 19.9. The van der Waals surface area contributed by atoms with Crippen LogP contribution in [0.5, 0.6) is 0 Å². The van der Waals surface area contributed by atoms with Gasteiger partial charge in [0.25, 0.3) is 0 Å². The van der Waals surface area contributed by atoms with Gasteiger partial charge in [-0.2, -0.15) is 0 Å². The van der Waals surface area contributed by atoms with Gasteiger partial charge < -0.3 is 9.47 Å². The summed E-state index contributed by atoms with van der Waals surface area (Å²) >= 11 is 0. The highest BCUT2D eigenvalue weighted by Gasteiger charge is 2.32. The average molecular weight is 256 g/mol. The largest absolute Gasteiger partial charge is 0.435 e. The Hall–Kier alpha value is -0.570. The Kier molecular flexibility index (Phi) is 5.64. The molecule has 0 N–H and O–H groups in total. The molecule has 3 nitrogen and oxygen atoms in total. The highest BCUT2D eigenvalue weighted by Crippen LogP contribution is 2.29. The maximum absolute atomic E-state index is 11.7. The van der Waals surface area contributed by atoms with Gasteiger partial charge in [-0.3, -0.25) is 4.79 Å². The van der Waals surface area contributed by atoms with Gasteiger partial charge in [0.05, 0.1) is 12.0 Å². The molecule has 0 aromatic carbocycles. The molecular formula is C15H28O3. The molecule has 1 aliphatic rings. The van der Waals surface area contributed by atoms with Crippen LogP contribution in [-0.4, -0.2) is 18.4 Å². The standard InChI is InChI=1S/C15H28O3/c1-11(2)13(16)18-14(15(3,4)5)17-12-9-7-6-8-10-12/h11-12,14H,6-10H2,1-5H3. The van der Waals surface area contributed by atoms with Crippen LogP contribution in [-0.2, 0) is 14.3 Å². The predicted molar refractivity (Wildman–Crippen MR) is 72.1 cm³/mol. The van der Waals surface area contributed by atoms with E-state index in [2.05, 4.69) is 0 Å². The molecule has 1 rings (SSSR count). The first-order valence-electron chi connectivity index (χ1n) is 7.16. The van der Waals surface area contributed by atoms with Crippen LogP contribution in [0, 0.1) is 11.3 Å². The van der Waals surface area contributed by atoms with Gasteiger partial charge >= 0.3 is 5.97 Å². The third-order valence-electron chi connectivity index (χ3n) is 3.27. The maximum atomic E-state index is 11.7. The van der Waals surface area contributed by atoms with Gasteiger partial charge in [0.2, 0.25) is 6.29 Å². The van der Waals surface area contributed by atoms with E-state index in [-0.39, 0.29) is 23.4 Å². The number of hydrogen-bond donors (Lipinski definition) is 0. The Labute approximate surface area is 111 Å². The zero-order valence-corrected chi connectivity index (χ0v) is 12.5. The van der Waals surface area contributed by atoms with E-state index in [9.17, 15) is 4.79 Å². The van der Waals surface area contributed by atoms with Crippen LogP contribution in [0.25, 0.3) is 0 Å². The summed E-state index contributed by atoms with van der Waals surface area (Å²) < 4.78 is 11.6. The molecule has 0 radical (unpaired) electrons. The highest BCUT2D eigenvalue weighted by atomic mass is 16.7. The lowest BCUT2D eigenvalue weighted by Crippen LogP contribution is -2.38. The summed E-state index contributed by atoms with van der Waals surface area (Å²) in [6.45, 7) is 9.85. The Bertz CT molecular complexity index is 259. The Morgan fingerprint density at radius 1 is 1.11 bits per heavy atom. The Morgan fingerprint density at radius 3 is 2.11 bits per heavy atom. The van der Waals surface area contributed by atoms with E-state index in [0.717, 1.165) is 12.8 Å². The van der Waals surface area contributed by atoms with Gasteiger partial charge in [-0.15, -0.1) is 0 Å². The van der Waals surface area contributed by atoms with Crippen molar-refractivity contribution in [2.24, 2.45) is 11.3 Å². The lowest BCUT2D eigenvalue weighted by atomic mass is 9.94. The molecule has 1 atom stereocenters. The fourth-order valence-electron chi connectivity index (χ4n) is 2.03. The second kappa shape index (κ2) is 6.55. The van der Waals surface area contributed by atoms with E-state index in [1.807, 2.05) is 34.6 Å². The van der Waals surface area contributed by atoms with E-state index >= 15 is 0 Å². The van der Waals surface area contributed by atoms with Crippen molar-refractivity contribution in [1.82, 2.24) is 0 Å². The van der Waals surface area contributed by atoms with Crippen LogP contribution in [0.3, 0.4) is 0 Å². The summed E-state index contributed by atoms with van der Waals surface area (Å²) in [5.41, 5.74) is -0.179. The summed E-state index contributed by atoms with van der Waals surface area (Å²) in [5, 5.41) is 0. The van der Waals surface area contributed by atoms with E-state index in [4.69, 9.17) is 9.47 Å². The zero-order chi connectivity index (χ0) is 13.8. The monoisotopic (exact) mass is 256 g/mol. The summed E-state index contributed by atoms with van der Waals surface area (Å²) in [6, 6.07) is 0. The number of hydrogen-bond acceptors (Lipinski definition) is 3. The third-order valence-corrected chi connectivity index (χ3v) is 3.27. The lowest BCUT2D eigenvalue weighted by Gasteiger charge is -2.34. The van der Waals surface area contributed by atoms with Crippen molar-refractivity contribution in [2.75, 3.05) is 0 Å². The lowest BCUT2D eigenvalue weighted by molar-refractivity contribution is -0.224. The zero-order valence-electron chi connectivity index (χ0n) is 12.5. The average Bonchev–Trinajstić information content (AvgIpc) is 2.28. The Balaban J connectivity index is 2.58. The molecule has 18 heavy (non-hydrogen) atoms. The number of esters is 1. The van der Waals surface area contributed by atoms with Gasteiger partial charge in [-0.1, -0.05) is 53.9 Å². The van der Waals surface area contributed by atoms with E-state index in [1.165, 1.54) is 19.3 Å². The molecule has 0 aromatic heterocycles. The number of carbonyl (C=O) groups excluding carboxylic acids is 1. The Morgan fingerprint density at radius 2 is 1.67 bits per heavy atom. The first-order valence-corrected chi connectivity index (χ1v) is 7.16. The minimum atomic E-state index is -0.435. The molecule has 1 aliphatic carbocycles. The van der Waals surface area contributed by atoms with Gasteiger partial charge in [0.1, 0.15) is 0 Å². The van der Waals surface area contributed by atoms with Crippen molar-refractivity contribution < 1.29 is 14.3 Å². The van der Waals surface area contributed by atoms with Gasteiger partial charge in [-0.25, -0.2) is 0 Å². The van der Waals surface area contributed by atoms with E-state index in [1.54, 1.807) is 0 Å². The minimum Gasteiger partial charge on any atom is -0.435 e. The predicted octanol–water partition coefficient (Wildman–Crippen LogP) is 3.91. The highest BCUT2D eigenvalue weighted by molar-refractivity contribution is 5.71. The fraction of sp³-hybridized carbons (Fsp3) is 0.933. The van der Waals surface area contributed by atoms with E-state index in [0.29, 0.717) is 0 Å². The molecule has 0 saturated heterocycles. The first-order chi connectivity index (χ1) is 8.30. The summed E-state index contributed by atoms with van der Waals surface area (Å²) in [5.74, 6) is -0.282. The molecule has 0 heterocycles. The van der Waals surface area contributed by atoms with Crippen LogP contribution >= 0.6 is 0 Å². The third kappa shape index (κ3) is 4.97. The number of ether oxygens (including phenoxy) is 2. The smallest absolute Gasteiger partial charge is 0.310 e. The van der Waals surface area contributed by atoms with Crippen molar-refractivity contribution in [1.29, 1.82) is 0 Å². The van der Waals surface area contributed by atoms with Gasteiger partial charge in [0, 0.05) is 5.41 Å².